The summed E-state index contributed by atoms with van der Waals surface area (Å²) in [6, 6.07) is 14.0. The molecule has 0 fully saturated rings. The fraction of sp³-hybridized carbons (Fsp3) is 0.222. The van der Waals surface area contributed by atoms with E-state index in [0.29, 0.717) is 5.75 Å². The van der Waals surface area contributed by atoms with E-state index < -0.39 is 12.1 Å². The molecule has 0 saturated heterocycles. The van der Waals surface area contributed by atoms with Gasteiger partial charge >= 0.3 is 12.1 Å². The Kier molecular flexibility index (Phi) is 5.49. The minimum absolute atomic E-state index is 0.277. The number of carboxylic acids is 1. The molecule has 2 aromatic rings. The van der Waals surface area contributed by atoms with Crippen LogP contribution in [0.5, 0.6) is 11.5 Å². The molecule has 2 aromatic carbocycles. The third-order valence-corrected chi connectivity index (χ3v) is 3.72. The number of ether oxygens (including phenoxy) is 1. The van der Waals surface area contributed by atoms with Gasteiger partial charge in [-0.05, 0) is 35.4 Å². The van der Waals surface area contributed by atoms with Gasteiger partial charge in [0.2, 0.25) is 0 Å². The van der Waals surface area contributed by atoms with Crippen LogP contribution in [0.1, 0.15) is 25.0 Å². The fourth-order valence-corrected chi connectivity index (χ4v) is 2.29. The first-order valence-electron chi connectivity index (χ1n) is 7.42. The van der Waals surface area contributed by atoms with Gasteiger partial charge in [-0.1, -0.05) is 38.1 Å². The van der Waals surface area contributed by atoms with Gasteiger partial charge in [0, 0.05) is 5.41 Å². The van der Waals surface area contributed by atoms with E-state index in [1.54, 1.807) is 24.3 Å². The van der Waals surface area contributed by atoms with Crippen LogP contribution in [-0.4, -0.2) is 28.9 Å². The number of carbonyl (C=O) groups is 2. The summed E-state index contributed by atoms with van der Waals surface area (Å²) in [7, 11) is 0. The van der Waals surface area contributed by atoms with Crippen LogP contribution in [0.4, 0.5) is 4.79 Å². The summed E-state index contributed by atoms with van der Waals surface area (Å²) in [5.41, 5.74) is 1.65. The van der Waals surface area contributed by atoms with Gasteiger partial charge < -0.3 is 14.9 Å². The van der Waals surface area contributed by atoms with Gasteiger partial charge in [0.15, 0.2) is 12.4 Å². The highest BCUT2D eigenvalue weighted by Gasteiger charge is 2.23. The van der Waals surface area contributed by atoms with Crippen LogP contribution in [0.15, 0.2) is 48.5 Å². The van der Waals surface area contributed by atoms with E-state index in [2.05, 4.69) is 9.78 Å². The Morgan fingerprint density at radius 1 is 0.880 bits per heavy atom. The van der Waals surface area contributed by atoms with Crippen LogP contribution in [-0.2, 0) is 15.1 Å². The first-order chi connectivity index (χ1) is 11.8. The van der Waals surface area contributed by atoms with Crippen molar-refractivity contribution in [2.75, 3.05) is 6.61 Å². The average Bonchev–Trinajstić information content (AvgIpc) is 2.59. The van der Waals surface area contributed by atoms with Crippen LogP contribution >= 0.6 is 0 Å². The van der Waals surface area contributed by atoms with Gasteiger partial charge in [0.05, 0.1) is 0 Å². The highest BCUT2D eigenvalue weighted by molar-refractivity contribution is 5.68. The molecule has 0 aliphatic carbocycles. The summed E-state index contributed by atoms with van der Waals surface area (Å²) >= 11 is 0. The standard InChI is InChI=1S/C18H18O7/c1-18(2,12-3-7-14(8-4-12)23-11-16(19)20)13-5-9-15(10-6-13)24-25-17(21)22/h3-10H,11H2,1-2H3,(H,19,20)(H,21,22). The molecule has 0 aliphatic rings. The van der Waals surface area contributed by atoms with E-state index in [0.717, 1.165) is 11.1 Å². The summed E-state index contributed by atoms with van der Waals surface area (Å²) in [5.74, 6) is -0.269. The zero-order valence-electron chi connectivity index (χ0n) is 13.8. The van der Waals surface area contributed by atoms with Crippen molar-refractivity contribution < 1.29 is 34.3 Å². The first kappa shape index (κ1) is 18.1. The number of benzene rings is 2. The predicted molar refractivity (Wildman–Crippen MR) is 87.9 cm³/mol. The van der Waals surface area contributed by atoms with Crippen LogP contribution < -0.4 is 9.62 Å². The Morgan fingerprint density at radius 2 is 1.36 bits per heavy atom. The van der Waals surface area contributed by atoms with Crippen molar-refractivity contribution in [1.29, 1.82) is 0 Å². The molecule has 0 spiro atoms. The minimum Gasteiger partial charge on any atom is -0.482 e. The largest absolute Gasteiger partial charge is 0.547 e. The highest BCUT2D eigenvalue weighted by Crippen LogP contribution is 2.33. The van der Waals surface area contributed by atoms with Crippen molar-refractivity contribution in [2.45, 2.75) is 19.3 Å². The second kappa shape index (κ2) is 7.57. The van der Waals surface area contributed by atoms with Crippen molar-refractivity contribution in [2.24, 2.45) is 0 Å². The third-order valence-electron chi connectivity index (χ3n) is 3.72. The molecule has 0 aliphatic heterocycles. The number of hydrogen-bond acceptors (Lipinski definition) is 5. The Bertz CT molecular complexity index is 670. The zero-order chi connectivity index (χ0) is 18.4. The molecule has 0 radical (unpaired) electrons. The van der Waals surface area contributed by atoms with Gasteiger partial charge in [-0.2, -0.15) is 0 Å². The normalized spacial score (nSPS) is 10.8. The van der Waals surface area contributed by atoms with E-state index in [1.165, 1.54) is 0 Å². The molecule has 25 heavy (non-hydrogen) atoms. The molecule has 2 N–H and O–H groups in total. The zero-order valence-corrected chi connectivity index (χ0v) is 13.8. The lowest BCUT2D eigenvalue weighted by Gasteiger charge is -2.26. The summed E-state index contributed by atoms with van der Waals surface area (Å²) in [6.45, 7) is 3.68. The predicted octanol–water partition coefficient (Wildman–Crippen LogP) is 3.46. The van der Waals surface area contributed by atoms with E-state index in [9.17, 15) is 9.59 Å². The van der Waals surface area contributed by atoms with Crippen molar-refractivity contribution in [1.82, 2.24) is 0 Å². The average molecular weight is 346 g/mol. The Labute approximate surface area is 144 Å². The van der Waals surface area contributed by atoms with E-state index in [4.69, 9.17) is 14.9 Å². The molecule has 0 bridgehead atoms. The lowest BCUT2D eigenvalue weighted by molar-refractivity contribution is -0.161. The smallest absolute Gasteiger partial charge is 0.482 e. The summed E-state index contributed by atoms with van der Waals surface area (Å²) in [5, 5.41) is 17.0. The van der Waals surface area contributed by atoms with Crippen molar-refractivity contribution in [3.05, 3.63) is 59.7 Å². The summed E-state index contributed by atoms with van der Waals surface area (Å²) < 4.78 is 5.12. The van der Waals surface area contributed by atoms with Crippen LogP contribution in [0.25, 0.3) is 0 Å². The lowest BCUT2D eigenvalue weighted by atomic mass is 9.78. The number of aliphatic carboxylic acids is 1. The highest BCUT2D eigenvalue weighted by atomic mass is 17.2. The van der Waals surface area contributed by atoms with Crippen LogP contribution in [0.2, 0.25) is 0 Å². The molecule has 132 valence electrons. The van der Waals surface area contributed by atoms with E-state index in [-0.39, 0.29) is 17.8 Å². The molecular formula is C18H18O7. The monoisotopic (exact) mass is 346 g/mol. The van der Waals surface area contributed by atoms with Gasteiger partial charge in [0.1, 0.15) is 5.75 Å². The molecule has 0 unspecified atom stereocenters. The topological polar surface area (TPSA) is 102 Å². The second-order valence-electron chi connectivity index (χ2n) is 5.79. The minimum atomic E-state index is -1.52. The van der Waals surface area contributed by atoms with Gasteiger partial charge in [-0.3, -0.25) is 4.89 Å². The van der Waals surface area contributed by atoms with Crippen molar-refractivity contribution in [3.8, 4) is 11.5 Å². The molecule has 0 heterocycles. The van der Waals surface area contributed by atoms with Crippen LogP contribution in [0.3, 0.4) is 0 Å². The number of rotatable bonds is 7. The maximum absolute atomic E-state index is 10.5. The third kappa shape index (κ3) is 4.87. The molecule has 0 saturated carbocycles. The Morgan fingerprint density at radius 3 is 1.80 bits per heavy atom. The maximum Gasteiger partial charge on any atom is 0.547 e. The fourth-order valence-electron chi connectivity index (χ4n) is 2.29. The van der Waals surface area contributed by atoms with Crippen molar-refractivity contribution in [3.63, 3.8) is 0 Å². The maximum atomic E-state index is 10.5. The number of carboxylic acid groups (broad SMARTS) is 2. The lowest BCUT2D eigenvalue weighted by Crippen LogP contribution is -2.19. The molecule has 7 nitrogen and oxygen atoms in total. The van der Waals surface area contributed by atoms with Gasteiger partial charge in [0.25, 0.3) is 0 Å². The number of hydrogen-bond donors (Lipinski definition) is 2. The van der Waals surface area contributed by atoms with Gasteiger partial charge in [-0.25, -0.2) is 14.5 Å². The SMILES string of the molecule is CC(C)(c1ccc(OCC(=O)O)cc1)c1ccc(OOC(=O)O)cc1. The van der Waals surface area contributed by atoms with E-state index >= 15 is 0 Å². The second-order valence-corrected chi connectivity index (χ2v) is 5.79. The molecule has 0 atom stereocenters. The molecule has 2 rings (SSSR count). The van der Waals surface area contributed by atoms with Gasteiger partial charge in [-0.15, -0.1) is 0 Å². The molecule has 0 amide bonds. The van der Waals surface area contributed by atoms with Crippen LogP contribution in [0, 0.1) is 0 Å². The Balaban J connectivity index is 2.11. The van der Waals surface area contributed by atoms with Crippen molar-refractivity contribution >= 4 is 12.1 Å². The summed E-state index contributed by atoms with van der Waals surface area (Å²) in [6.07, 6.45) is -1.52. The summed E-state index contributed by atoms with van der Waals surface area (Å²) in [4.78, 5) is 29.5. The molecule has 7 heteroatoms. The molecular weight excluding hydrogens is 328 g/mol. The van der Waals surface area contributed by atoms with E-state index in [1.807, 2.05) is 38.1 Å². The first-order valence-corrected chi connectivity index (χ1v) is 7.42. The quantitative estimate of drug-likeness (QED) is 0.584. The Hall–Kier alpha value is -3.22. The molecule has 0 aromatic heterocycles.